The highest BCUT2D eigenvalue weighted by Crippen LogP contribution is 2.01. The summed E-state index contributed by atoms with van der Waals surface area (Å²) in [6.45, 7) is 7.89. The van der Waals surface area contributed by atoms with Crippen LogP contribution in [-0.4, -0.2) is 24.5 Å². The maximum Gasteiger partial charge on any atom is 0.00636 e. The van der Waals surface area contributed by atoms with Crippen LogP contribution >= 0.6 is 0 Å². The van der Waals surface area contributed by atoms with Crippen molar-refractivity contribution in [1.29, 1.82) is 0 Å². The van der Waals surface area contributed by atoms with Gasteiger partial charge in [0.05, 0.1) is 0 Å². The van der Waals surface area contributed by atoms with Gasteiger partial charge < -0.3 is 4.90 Å². The van der Waals surface area contributed by atoms with E-state index in [0.717, 1.165) is 6.04 Å². The predicted octanol–water partition coefficient (Wildman–Crippen LogP) is 2.13. The Labute approximate surface area is 59.1 Å². The van der Waals surface area contributed by atoms with Crippen molar-refractivity contribution in [1.82, 2.24) is 4.90 Å². The molecule has 0 amide bonds. The molecule has 0 N–H and O–H groups in total. The molecule has 0 aliphatic rings. The van der Waals surface area contributed by atoms with Crippen molar-refractivity contribution in [3.63, 3.8) is 0 Å². The van der Waals surface area contributed by atoms with Crippen LogP contribution in [0.2, 0.25) is 0 Å². The quantitative estimate of drug-likeness (QED) is 0.562. The molecule has 0 aliphatic heterocycles. The molecule has 0 aromatic rings. The summed E-state index contributed by atoms with van der Waals surface area (Å²) in [5, 5.41) is 0. The van der Waals surface area contributed by atoms with Crippen molar-refractivity contribution >= 4 is 0 Å². The van der Waals surface area contributed by atoms with Crippen molar-refractivity contribution in [2.45, 2.75) is 39.7 Å². The lowest BCUT2D eigenvalue weighted by molar-refractivity contribution is 0.257. The SMILES string of the molecule is CCC[C@@H](C)N(C)CC. The van der Waals surface area contributed by atoms with E-state index in [-0.39, 0.29) is 0 Å². The van der Waals surface area contributed by atoms with Crippen molar-refractivity contribution < 1.29 is 0 Å². The molecule has 0 fully saturated rings. The summed E-state index contributed by atoms with van der Waals surface area (Å²) in [4.78, 5) is 2.38. The van der Waals surface area contributed by atoms with Gasteiger partial charge in [0, 0.05) is 6.04 Å². The van der Waals surface area contributed by atoms with E-state index < -0.39 is 0 Å². The number of nitrogens with zero attached hydrogens (tertiary/aromatic N) is 1. The van der Waals surface area contributed by atoms with Crippen LogP contribution in [0.25, 0.3) is 0 Å². The first-order valence-electron chi connectivity index (χ1n) is 3.92. The van der Waals surface area contributed by atoms with Gasteiger partial charge >= 0.3 is 0 Å². The Bertz CT molecular complexity index is 61.6. The van der Waals surface area contributed by atoms with E-state index >= 15 is 0 Å². The van der Waals surface area contributed by atoms with Gasteiger partial charge in [-0.05, 0) is 26.9 Å². The Balaban J connectivity index is 3.32. The molecule has 0 heterocycles. The molecule has 0 spiro atoms. The second kappa shape index (κ2) is 4.80. The molecule has 0 aliphatic carbocycles. The van der Waals surface area contributed by atoms with Crippen LogP contribution in [0.1, 0.15) is 33.6 Å². The Hall–Kier alpha value is -0.0400. The first-order valence-corrected chi connectivity index (χ1v) is 3.92. The summed E-state index contributed by atoms with van der Waals surface area (Å²) in [6, 6.07) is 0.764. The molecule has 0 aromatic carbocycles. The van der Waals surface area contributed by atoms with Crippen LogP contribution in [0.3, 0.4) is 0 Å². The largest absolute Gasteiger partial charge is 0.304 e. The Morgan fingerprint density at radius 3 is 2.22 bits per heavy atom. The van der Waals surface area contributed by atoms with Gasteiger partial charge in [0.1, 0.15) is 0 Å². The first-order chi connectivity index (χ1) is 4.22. The lowest BCUT2D eigenvalue weighted by Gasteiger charge is -2.21. The van der Waals surface area contributed by atoms with Gasteiger partial charge in [-0.15, -0.1) is 0 Å². The molecule has 0 saturated heterocycles. The monoisotopic (exact) mass is 129 g/mol. The van der Waals surface area contributed by atoms with Crippen LogP contribution in [0.15, 0.2) is 0 Å². The van der Waals surface area contributed by atoms with Gasteiger partial charge in [-0.1, -0.05) is 20.3 Å². The molecule has 1 heteroatoms. The summed E-state index contributed by atoms with van der Waals surface area (Å²) in [7, 11) is 2.18. The molecular weight excluding hydrogens is 110 g/mol. The molecular formula is C8H19N. The third-order valence-electron chi connectivity index (χ3n) is 1.96. The zero-order chi connectivity index (χ0) is 7.28. The highest BCUT2D eigenvalue weighted by atomic mass is 15.1. The van der Waals surface area contributed by atoms with Gasteiger partial charge in [-0.25, -0.2) is 0 Å². The third-order valence-corrected chi connectivity index (χ3v) is 1.96. The number of rotatable bonds is 4. The van der Waals surface area contributed by atoms with E-state index in [1.807, 2.05) is 0 Å². The van der Waals surface area contributed by atoms with Gasteiger partial charge in [-0.3, -0.25) is 0 Å². The smallest absolute Gasteiger partial charge is 0.00636 e. The van der Waals surface area contributed by atoms with Crippen molar-refractivity contribution in [2.24, 2.45) is 0 Å². The Morgan fingerprint density at radius 1 is 1.33 bits per heavy atom. The summed E-state index contributed by atoms with van der Waals surface area (Å²) < 4.78 is 0. The maximum absolute atomic E-state index is 2.38. The molecule has 56 valence electrons. The first kappa shape index (κ1) is 8.96. The van der Waals surface area contributed by atoms with Crippen LogP contribution in [-0.2, 0) is 0 Å². The molecule has 0 unspecified atom stereocenters. The van der Waals surface area contributed by atoms with Crippen LogP contribution in [0.5, 0.6) is 0 Å². The predicted molar refractivity (Wildman–Crippen MR) is 42.7 cm³/mol. The molecule has 0 rings (SSSR count). The summed E-state index contributed by atoms with van der Waals surface area (Å²) in [6.07, 6.45) is 2.62. The van der Waals surface area contributed by atoms with Gasteiger partial charge in [0.15, 0.2) is 0 Å². The van der Waals surface area contributed by atoms with E-state index in [0.29, 0.717) is 0 Å². The normalized spacial score (nSPS) is 14.3. The van der Waals surface area contributed by atoms with Crippen LogP contribution in [0, 0.1) is 0 Å². The summed E-state index contributed by atoms with van der Waals surface area (Å²) in [5.41, 5.74) is 0. The molecule has 0 bridgehead atoms. The lowest BCUT2D eigenvalue weighted by Crippen LogP contribution is -2.28. The fourth-order valence-electron chi connectivity index (χ4n) is 0.950. The highest BCUT2D eigenvalue weighted by Gasteiger charge is 2.03. The minimum atomic E-state index is 0.764. The summed E-state index contributed by atoms with van der Waals surface area (Å²) in [5.74, 6) is 0. The zero-order valence-corrected chi connectivity index (χ0v) is 7.15. The molecule has 1 atom stereocenters. The van der Waals surface area contributed by atoms with Gasteiger partial charge in [0.25, 0.3) is 0 Å². The van der Waals surface area contributed by atoms with Crippen molar-refractivity contribution in [3.05, 3.63) is 0 Å². The van der Waals surface area contributed by atoms with E-state index in [4.69, 9.17) is 0 Å². The lowest BCUT2D eigenvalue weighted by atomic mass is 10.2. The van der Waals surface area contributed by atoms with Crippen LogP contribution < -0.4 is 0 Å². The maximum atomic E-state index is 2.38. The Morgan fingerprint density at radius 2 is 1.89 bits per heavy atom. The highest BCUT2D eigenvalue weighted by molar-refractivity contribution is 4.59. The summed E-state index contributed by atoms with van der Waals surface area (Å²) >= 11 is 0. The van der Waals surface area contributed by atoms with E-state index in [1.165, 1.54) is 19.4 Å². The average molecular weight is 129 g/mol. The standard InChI is InChI=1S/C8H19N/c1-5-7-8(3)9(4)6-2/h8H,5-7H2,1-4H3/t8-/m1/s1. The minimum Gasteiger partial charge on any atom is -0.304 e. The second-order valence-corrected chi connectivity index (χ2v) is 2.71. The molecule has 0 aromatic heterocycles. The third kappa shape index (κ3) is 3.52. The molecule has 0 radical (unpaired) electrons. The van der Waals surface area contributed by atoms with Gasteiger partial charge in [-0.2, -0.15) is 0 Å². The fraction of sp³-hybridized carbons (Fsp3) is 1.00. The minimum absolute atomic E-state index is 0.764. The molecule has 9 heavy (non-hydrogen) atoms. The molecule has 1 nitrogen and oxygen atoms in total. The fourth-order valence-corrected chi connectivity index (χ4v) is 0.950. The van der Waals surface area contributed by atoms with Crippen molar-refractivity contribution in [2.75, 3.05) is 13.6 Å². The Kier molecular flexibility index (Phi) is 4.78. The number of hydrogen-bond acceptors (Lipinski definition) is 1. The van der Waals surface area contributed by atoms with E-state index in [2.05, 4.69) is 32.7 Å². The van der Waals surface area contributed by atoms with E-state index in [1.54, 1.807) is 0 Å². The number of hydrogen-bond donors (Lipinski definition) is 0. The zero-order valence-electron chi connectivity index (χ0n) is 7.15. The second-order valence-electron chi connectivity index (χ2n) is 2.71. The average Bonchev–Trinajstić information content (AvgIpc) is 1.87. The molecule has 0 saturated carbocycles. The van der Waals surface area contributed by atoms with Crippen molar-refractivity contribution in [3.8, 4) is 0 Å². The van der Waals surface area contributed by atoms with E-state index in [9.17, 15) is 0 Å². The van der Waals surface area contributed by atoms with Crippen LogP contribution in [0.4, 0.5) is 0 Å². The topological polar surface area (TPSA) is 3.24 Å². The van der Waals surface area contributed by atoms with Gasteiger partial charge in [0.2, 0.25) is 0 Å².